The van der Waals surface area contributed by atoms with Crippen LogP contribution in [-0.2, 0) is 6.54 Å². The van der Waals surface area contributed by atoms with Crippen LogP contribution in [0.15, 0.2) is 24.4 Å². The Morgan fingerprint density at radius 3 is 2.94 bits per heavy atom. The van der Waals surface area contributed by atoms with E-state index in [9.17, 15) is 4.39 Å². The summed E-state index contributed by atoms with van der Waals surface area (Å²) < 4.78 is 14.1. The number of hydrogen-bond acceptors (Lipinski definition) is 3. The van der Waals surface area contributed by atoms with Gasteiger partial charge in [-0.3, -0.25) is 0 Å². The number of thiazole rings is 1. The zero-order chi connectivity index (χ0) is 11.5. The fraction of sp³-hybridized carbons (Fsp3) is 0.182. The molecule has 0 saturated heterocycles. The van der Waals surface area contributed by atoms with Crippen LogP contribution in [0.25, 0.3) is 0 Å². The molecule has 0 spiro atoms. The molecule has 1 N–H and O–H groups in total. The Hall–Kier alpha value is -1.13. The van der Waals surface area contributed by atoms with Gasteiger partial charge in [0, 0.05) is 0 Å². The van der Waals surface area contributed by atoms with Crippen LogP contribution >= 0.6 is 22.9 Å². The van der Waals surface area contributed by atoms with Crippen molar-refractivity contribution in [2.24, 2.45) is 0 Å². The summed E-state index contributed by atoms with van der Waals surface area (Å²) in [7, 11) is 0. The highest BCUT2D eigenvalue weighted by atomic mass is 35.5. The van der Waals surface area contributed by atoms with Crippen molar-refractivity contribution in [3.05, 3.63) is 45.1 Å². The van der Waals surface area contributed by atoms with Crippen LogP contribution in [0.3, 0.4) is 0 Å². The molecule has 1 aromatic carbocycles. The second-order valence-electron chi connectivity index (χ2n) is 3.39. The van der Waals surface area contributed by atoms with Crippen LogP contribution in [0, 0.1) is 12.7 Å². The predicted molar refractivity (Wildman–Crippen MR) is 65.6 cm³/mol. The lowest BCUT2D eigenvalue weighted by Gasteiger charge is -2.05. The van der Waals surface area contributed by atoms with E-state index >= 15 is 0 Å². The number of anilines is 1. The number of benzene rings is 1. The predicted octanol–water partition coefficient (Wildman–Crippen LogP) is 3.86. The highest BCUT2D eigenvalue weighted by Gasteiger charge is 2.03. The Labute approximate surface area is 102 Å². The van der Waals surface area contributed by atoms with Crippen LogP contribution in [-0.4, -0.2) is 4.98 Å². The van der Waals surface area contributed by atoms with Gasteiger partial charge in [0.1, 0.15) is 15.2 Å². The molecule has 0 amide bonds. The van der Waals surface area contributed by atoms with Gasteiger partial charge in [-0.15, -0.1) is 11.3 Å². The van der Waals surface area contributed by atoms with Crippen molar-refractivity contribution in [3.63, 3.8) is 0 Å². The van der Waals surface area contributed by atoms with Gasteiger partial charge in [-0.05, 0) is 24.6 Å². The molecule has 0 aliphatic heterocycles. The minimum atomic E-state index is -0.248. The van der Waals surface area contributed by atoms with E-state index in [-0.39, 0.29) is 5.82 Å². The van der Waals surface area contributed by atoms with Gasteiger partial charge in [0.2, 0.25) is 0 Å². The van der Waals surface area contributed by atoms with Crippen molar-refractivity contribution in [3.8, 4) is 0 Å². The molecule has 2 aromatic rings. The first-order valence-corrected chi connectivity index (χ1v) is 5.95. The first-order valence-electron chi connectivity index (χ1n) is 4.75. The summed E-state index contributed by atoms with van der Waals surface area (Å²) in [5, 5.41) is 3.82. The van der Waals surface area contributed by atoms with Gasteiger partial charge >= 0.3 is 0 Å². The van der Waals surface area contributed by atoms with Crippen molar-refractivity contribution in [2.75, 3.05) is 5.32 Å². The molecule has 0 aliphatic rings. The van der Waals surface area contributed by atoms with E-state index < -0.39 is 0 Å². The summed E-state index contributed by atoms with van der Waals surface area (Å²) in [6, 6.07) is 5.08. The van der Waals surface area contributed by atoms with Crippen LogP contribution in [0.5, 0.6) is 0 Å². The van der Waals surface area contributed by atoms with E-state index in [0.717, 1.165) is 10.6 Å². The molecular weight excluding hydrogens is 247 g/mol. The van der Waals surface area contributed by atoms with Crippen molar-refractivity contribution in [1.82, 2.24) is 4.98 Å². The number of aryl methyl sites for hydroxylation is 1. The fourth-order valence-electron chi connectivity index (χ4n) is 1.30. The van der Waals surface area contributed by atoms with Gasteiger partial charge in [0.15, 0.2) is 0 Å². The van der Waals surface area contributed by atoms with Crippen molar-refractivity contribution >= 4 is 28.6 Å². The number of hydrogen-bond donors (Lipinski definition) is 1. The summed E-state index contributed by atoms with van der Waals surface area (Å²) in [6.07, 6.45) is 1.59. The van der Waals surface area contributed by atoms with Gasteiger partial charge in [0.05, 0.1) is 18.4 Å². The van der Waals surface area contributed by atoms with E-state index in [4.69, 9.17) is 11.6 Å². The highest BCUT2D eigenvalue weighted by molar-refractivity contribution is 7.15. The second-order valence-corrected chi connectivity index (χ2v) is 5.14. The monoisotopic (exact) mass is 256 g/mol. The third kappa shape index (κ3) is 2.71. The molecule has 0 bridgehead atoms. The van der Waals surface area contributed by atoms with Crippen molar-refractivity contribution in [1.29, 1.82) is 0 Å². The summed E-state index contributed by atoms with van der Waals surface area (Å²) >= 11 is 7.13. The summed E-state index contributed by atoms with van der Waals surface area (Å²) in [5.41, 5.74) is 1.39. The Morgan fingerprint density at radius 1 is 1.50 bits per heavy atom. The van der Waals surface area contributed by atoms with Crippen LogP contribution in [0.4, 0.5) is 10.1 Å². The maximum absolute atomic E-state index is 13.5. The van der Waals surface area contributed by atoms with E-state index in [1.165, 1.54) is 17.4 Å². The van der Waals surface area contributed by atoms with Crippen LogP contribution in [0.1, 0.15) is 10.6 Å². The SMILES string of the molecule is Cc1ccc(NCc2ncc(Cl)s2)c(F)c1. The lowest BCUT2D eigenvalue weighted by molar-refractivity contribution is 0.629. The maximum atomic E-state index is 13.5. The molecule has 0 radical (unpaired) electrons. The Morgan fingerprint density at radius 2 is 2.31 bits per heavy atom. The number of halogens is 2. The molecule has 0 aliphatic carbocycles. The van der Waals surface area contributed by atoms with Gasteiger partial charge in [0.25, 0.3) is 0 Å². The Bertz CT molecular complexity index is 498. The van der Waals surface area contributed by atoms with E-state index in [1.54, 1.807) is 12.3 Å². The molecule has 16 heavy (non-hydrogen) atoms. The third-order valence-electron chi connectivity index (χ3n) is 2.08. The number of nitrogens with one attached hydrogen (secondary N) is 1. The molecule has 0 unspecified atom stereocenters. The van der Waals surface area contributed by atoms with Gasteiger partial charge < -0.3 is 5.32 Å². The smallest absolute Gasteiger partial charge is 0.146 e. The summed E-state index contributed by atoms with van der Waals surface area (Å²) in [6.45, 7) is 2.34. The van der Waals surface area contributed by atoms with E-state index in [0.29, 0.717) is 16.6 Å². The summed E-state index contributed by atoms with van der Waals surface area (Å²) in [5.74, 6) is -0.248. The second kappa shape index (κ2) is 4.80. The normalized spacial score (nSPS) is 10.4. The molecule has 0 fully saturated rings. The minimum Gasteiger partial charge on any atom is -0.376 e. The highest BCUT2D eigenvalue weighted by Crippen LogP contribution is 2.20. The standard InChI is InChI=1S/C11H10ClFN2S/c1-7-2-3-9(8(13)4-7)14-6-11-15-5-10(12)16-11/h2-5,14H,6H2,1H3. The molecule has 1 aromatic heterocycles. The topological polar surface area (TPSA) is 24.9 Å². The third-order valence-corrected chi connectivity index (χ3v) is 3.19. The zero-order valence-electron chi connectivity index (χ0n) is 8.63. The number of nitrogens with zero attached hydrogens (tertiary/aromatic N) is 1. The number of rotatable bonds is 3. The molecular formula is C11H10ClFN2S. The quantitative estimate of drug-likeness (QED) is 0.902. The fourth-order valence-corrected chi connectivity index (χ4v) is 2.20. The first kappa shape index (κ1) is 11.4. The van der Waals surface area contributed by atoms with Crippen LogP contribution in [0.2, 0.25) is 4.34 Å². The molecule has 2 nitrogen and oxygen atoms in total. The Kier molecular flexibility index (Phi) is 3.41. The molecule has 84 valence electrons. The summed E-state index contributed by atoms with van der Waals surface area (Å²) in [4.78, 5) is 4.08. The van der Waals surface area contributed by atoms with E-state index in [2.05, 4.69) is 10.3 Å². The molecule has 0 atom stereocenters. The molecule has 5 heteroatoms. The molecule has 0 saturated carbocycles. The van der Waals surface area contributed by atoms with E-state index in [1.807, 2.05) is 13.0 Å². The maximum Gasteiger partial charge on any atom is 0.146 e. The lowest BCUT2D eigenvalue weighted by Crippen LogP contribution is -2.00. The van der Waals surface area contributed by atoms with Crippen LogP contribution < -0.4 is 5.32 Å². The van der Waals surface area contributed by atoms with Crippen molar-refractivity contribution in [2.45, 2.75) is 13.5 Å². The first-order chi connectivity index (χ1) is 7.65. The number of aromatic nitrogens is 1. The zero-order valence-corrected chi connectivity index (χ0v) is 10.2. The average molecular weight is 257 g/mol. The molecule has 1 heterocycles. The van der Waals surface area contributed by atoms with Gasteiger partial charge in [-0.25, -0.2) is 9.37 Å². The lowest BCUT2D eigenvalue weighted by atomic mass is 10.2. The largest absolute Gasteiger partial charge is 0.376 e. The Balaban J connectivity index is 2.04. The molecule has 2 rings (SSSR count). The minimum absolute atomic E-state index is 0.248. The van der Waals surface area contributed by atoms with Gasteiger partial charge in [-0.2, -0.15) is 0 Å². The van der Waals surface area contributed by atoms with Crippen molar-refractivity contribution < 1.29 is 4.39 Å². The average Bonchev–Trinajstić information content (AvgIpc) is 2.63. The van der Waals surface area contributed by atoms with Gasteiger partial charge in [-0.1, -0.05) is 17.7 Å².